The van der Waals surface area contributed by atoms with Gasteiger partial charge in [0.25, 0.3) is 5.91 Å². The summed E-state index contributed by atoms with van der Waals surface area (Å²) in [6.07, 6.45) is 2.05. The van der Waals surface area contributed by atoms with Crippen molar-refractivity contribution in [2.24, 2.45) is 11.8 Å². The molecule has 1 N–H and O–H groups in total. The molecule has 0 spiro atoms. The van der Waals surface area contributed by atoms with E-state index >= 15 is 0 Å². The molecule has 0 aromatic rings. The third-order valence-corrected chi connectivity index (χ3v) is 3.40. The van der Waals surface area contributed by atoms with Crippen LogP contribution in [-0.4, -0.2) is 35.6 Å². The molecule has 3 nitrogen and oxygen atoms in total. The highest BCUT2D eigenvalue weighted by Crippen LogP contribution is 2.17. The molecule has 0 saturated heterocycles. The molecule has 0 radical (unpaired) electrons. The summed E-state index contributed by atoms with van der Waals surface area (Å²) in [5.74, 6) is 0.969. The zero-order chi connectivity index (χ0) is 13.4. The molecule has 0 fully saturated rings. The summed E-state index contributed by atoms with van der Waals surface area (Å²) in [5.41, 5.74) is 0.287. The van der Waals surface area contributed by atoms with Crippen molar-refractivity contribution in [3.63, 3.8) is 0 Å². The average Bonchev–Trinajstić information content (AvgIpc) is 2.35. The highest BCUT2D eigenvalue weighted by atomic mass is 16.3. The van der Waals surface area contributed by atoms with Crippen LogP contribution in [0.15, 0.2) is 12.2 Å². The van der Waals surface area contributed by atoms with Gasteiger partial charge in [0, 0.05) is 18.7 Å². The first kappa shape index (κ1) is 16.2. The lowest BCUT2D eigenvalue weighted by molar-refractivity contribution is -0.128. The van der Waals surface area contributed by atoms with Gasteiger partial charge in [0.05, 0.1) is 6.61 Å². The third-order valence-electron chi connectivity index (χ3n) is 3.40. The van der Waals surface area contributed by atoms with Crippen LogP contribution in [0.4, 0.5) is 0 Å². The van der Waals surface area contributed by atoms with E-state index in [1.54, 1.807) is 0 Å². The molecule has 0 aromatic heterocycles. The van der Waals surface area contributed by atoms with Crippen molar-refractivity contribution in [1.29, 1.82) is 0 Å². The Morgan fingerprint density at radius 2 is 1.88 bits per heavy atom. The van der Waals surface area contributed by atoms with Gasteiger partial charge in [0.2, 0.25) is 0 Å². The number of carbonyl (C=O) groups excluding carboxylic acids is 1. The largest absolute Gasteiger partial charge is 0.391 e. The maximum Gasteiger partial charge on any atom is 0.251 e. The maximum atomic E-state index is 12.0. The summed E-state index contributed by atoms with van der Waals surface area (Å²) in [6, 6.07) is 0. The van der Waals surface area contributed by atoms with Crippen LogP contribution in [0.3, 0.4) is 0 Å². The fraction of sp³-hybridized carbons (Fsp3) is 0.786. The van der Waals surface area contributed by atoms with Crippen molar-refractivity contribution in [3.05, 3.63) is 12.2 Å². The number of aliphatic hydroxyl groups is 1. The Morgan fingerprint density at radius 1 is 1.29 bits per heavy atom. The maximum absolute atomic E-state index is 12.0. The second-order valence-corrected chi connectivity index (χ2v) is 4.88. The van der Waals surface area contributed by atoms with Crippen molar-refractivity contribution in [1.82, 2.24) is 4.90 Å². The Hall–Kier alpha value is -0.830. The van der Waals surface area contributed by atoms with Gasteiger partial charge in [0.1, 0.15) is 0 Å². The number of amides is 1. The second-order valence-electron chi connectivity index (χ2n) is 4.88. The molecule has 1 amide bonds. The lowest BCUT2D eigenvalue weighted by Crippen LogP contribution is -2.38. The molecule has 0 aliphatic carbocycles. The fourth-order valence-corrected chi connectivity index (χ4v) is 1.77. The second kappa shape index (κ2) is 8.29. The van der Waals surface area contributed by atoms with Gasteiger partial charge in [-0.1, -0.05) is 40.7 Å². The third kappa shape index (κ3) is 5.35. The summed E-state index contributed by atoms with van der Waals surface area (Å²) < 4.78 is 0. The van der Waals surface area contributed by atoms with E-state index in [0.717, 1.165) is 25.9 Å². The number of hydrogen-bond donors (Lipinski definition) is 1. The molecule has 2 unspecified atom stereocenters. The first-order valence-electron chi connectivity index (χ1n) is 6.55. The minimum absolute atomic E-state index is 0.107. The number of aliphatic hydroxyl groups excluding tert-OH is 1. The first-order chi connectivity index (χ1) is 7.97. The predicted octanol–water partition coefficient (Wildman–Crippen LogP) is 2.46. The molecule has 0 aromatic carbocycles. The zero-order valence-electron chi connectivity index (χ0n) is 11.7. The smallest absolute Gasteiger partial charge is 0.251 e. The Kier molecular flexibility index (Phi) is 7.88. The number of rotatable bonds is 8. The summed E-state index contributed by atoms with van der Waals surface area (Å²) >= 11 is 0. The van der Waals surface area contributed by atoms with Crippen molar-refractivity contribution in [3.8, 4) is 0 Å². The van der Waals surface area contributed by atoms with E-state index in [0.29, 0.717) is 11.8 Å². The molecule has 0 aliphatic heterocycles. The van der Waals surface area contributed by atoms with Crippen LogP contribution in [-0.2, 0) is 4.79 Å². The van der Waals surface area contributed by atoms with Crippen LogP contribution in [0.2, 0.25) is 0 Å². The van der Waals surface area contributed by atoms with Gasteiger partial charge in [-0.15, -0.1) is 0 Å². The highest BCUT2D eigenvalue weighted by molar-refractivity contribution is 5.93. The molecule has 100 valence electrons. The van der Waals surface area contributed by atoms with Crippen molar-refractivity contribution in [2.45, 2.75) is 40.5 Å². The average molecular weight is 241 g/mol. The van der Waals surface area contributed by atoms with E-state index in [-0.39, 0.29) is 18.1 Å². The van der Waals surface area contributed by atoms with Gasteiger partial charge in [-0.3, -0.25) is 4.79 Å². The molecule has 3 heteroatoms. The van der Waals surface area contributed by atoms with Gasteiger partial charge >= 0.3 is 0 Å². The highest BCUT2D eigenvalue weighted by Gasteiger charge is 2.20. The summed E-state index contributed by atoms with van der Waals surface area (Å²) in [7, 11) is 0. The van der Waals surface area contributed by atoms with Crippen molar-refractivity contribution >= 4 is 5.91 Å². The molecule has 2 atom stereocenters. The van der Waals surface area contributed by atoms with Crippen LogP contribution < -0.4 is 0 Å². The minimum Gasteiger partial charge on any atom is -0.391 e. The normalized spacial score (nSPS) is 14.2. The standard InChI is InChI=1S/C14H27NO2/c1-6-8-15(14(17)13(5)10-16)9-12(4)11(3)7-2/h11-12,16H,5-10H2,1-4H3. The molecule has 17 heavy (non-hydrogen) atoms. The quantitative estimate of drug-likeness (QED) is 0.663. The Bertz CT molecular complexity index is 251. The van der Waals surface area contributed by atoms with E-state index in [1.165, 1.54) is 0 Å². The van der Waals surface area contributed by atoms with E-state index in [9.17, 15) is 4.79 Å². The molecule has 0 rings (SSSR count). The summed E-state index contributed by atoms with van der Waals surface area (Å²) in [5, 5.41) is 8.96. The zero-order valence-corrected chi connectivity index (χ0v) is 11.7. The van der Waals surface area contributed by atoms with Crippen LogP contribution in [0.1, 0.15) is 40.5 Å². The van der Waals surface area contributed by atoms with Crippen LogP contribution in [0.5, 0.6) is 0 Å². The molecule has 0 heterocycles. The monoisotopic (exact) mass is 241 g/mol. The SMILES string of the molecule is C=C(CO)C(=O)N(CCC)CC(C)C(C)CC. The number of hydrogen-bond acceptors (Lipinski definition) is 2. The van der Waals surface area contributed by atoms with E-state index < -0.39 is 0 Å². The Morgan fingerprint density at radius 3 is 2.29 bits per heavy atom. The Labute approximate surface area is 106 Å². The summed E-state index contributed by atoms with van der Waals surface area (Å²) in [6.45, 7) is 13.4. The van der Waals surface area contributed by atoms with E-state index in [1.807, 2.05) is 4.90 Å². The van der Waals surface area contributed by atoms with Crippen LogP contribution >= 0.6 is 0 Å². The lowest BCUT2D eigenvalue weighted by atomic mass is 9.93. The lowest BCUT2D eigenvalue weighted by Gasteiger charge is -2.28. The van der Waals surface area contributed by atoms with Gasteiger partial charge in [-0.05, 0) is 18.3 Å². The van der Waals surface area contributed by atoms with Crippen LogP contribution in [0, 0.1) is 11.8 Å². The number of nitrogens with zero attached hydrogens (tertiary/aromatic N) is 1. The predicted molar refractivity (Wildman–Crippen MR) is 71.7 cm³/mol. The van der Waals surface area contributed by atoms with Gasteiger partial charge < -0.3 is 10.0 Å². The van der Waals surface area contributed by atoms with E-state index in [2.05, 4.69) is 34.3 Å². The van der Waals surface area contributed by atoms with E-state index in [4.69, 9.17) is 5.11 Å². The first-order valence-corrected chi connectivity index (χ1v) is 6.55. The molecule has 0 saturated carbocycles. The van der Waals surface area contributed by atoms with Crippen LogP contribution in [0.25, 0.3) is 0 Å². The van der Waals surface area contributed by atoms with Gasteiger partial charge in [0.15, 0.2) is 0 Å². The topological polar surface area (TPSA) is 40.5 Å². The van der Waals surface area contributed by atoms with Crippen molar-refractivity contribution < 1.29 is 9.90 Å². The van der Waals surface area contributed by atoms with Crippen molar-refractivity contribution in [2.75, 3.05) is 19.7 Å². The molecule has 0 aliphatic rings. The van der Waals surface area contributed by atoms with Gasteiger partial charge in [-0.2, -0.15) is 0 Å². The fourth-order valence-electron chi connectivity index (χ4n) is 1.77. The Balaban J connectivity index is 4.52. The number of carbonyl (C=O) groups is 1. The summed E-state index contributed by atoms with van der Waals surface area (Å²) in [4.78, 5) is 13.8. The van der Waals surface area contributed by atoms with Gasteiger partial charge in [-0.25, -0.2) is 0 Å². The minimum atomic E-state index is -0.253. The molecular weight excluding hydrogens is 214 g/mol. The molecular formula is C14H27NO2. The molecule has 0 bridgehead atoms.